The topological polar surface area (TPSA) is 20.2 Å². The highest BCUT2D eigenvalue weighted by Crippen LogP contribution is 2.37. The number of aromatic hydroxyl groups is 1. The first kappa shape index (κ1) is 91.1. The van der Waals surface area contributed by atoms with E-state index in [0.717, 1.165) is 89.9 Å². The molecule has 1 N–H and O–H groups in total. The third-order valence-electron chi connectivity index (χ3n) is 21.5. The number of phenols is 1. The Labute approximate surface area is 680 Å². The van der Waals surface area contributed by atoms with Crippen molar-refractivity contribution >= 4 is 32.7 Å². The summed E-state index contributed by atoms with van der Waals surface area (Å²) in [6.45, 7) is 39.4. The molecule has 0 spiro atoms. The Morgan fingerprint density at radius 3 is 0.830 bits per heavy atom. The number of phenolic OH excluding ortho intramolecular Hbond substituents is 1. The number of hydrogen-bond donors (Lipinski definition) is 1. The van der Waals surface area contributed by atoms with Crippen LogP contribution in [0.2, 0.25) is 0 Å². The van der Waals surface area contributed by atoms with E-state index in [1.54, 1.807) is 23.3 Å². The molecule has 1 heteroatoms. The maximum absolute atomic E-state index is 8.94. The second-order valence-electron chi connectivity index (χ2n) is 30.0. The van der Waals surface area contributed by atoms with Gasteiger partial charge in [-0.1, -0.05) is 427 Å². The van der Waals surface area contributed by atoms with Gasteiger partial charge in [0.15, 0.2) is 0 Å². The number of benzene rings is 12. The fourth-order valence-corrected chi connectivity index (χ4v) is 14.1. The molecule has 0 saturated heterocycles. The average Bonchev–Trinajstić information content (AvgIpc) is 0.758. The zero-order chi connectivity index (χ0) is 81.0. The molecule has 0 saturated carbocycles. The molecular formula is C111H138O. The Morgan fingerprint density at radius 2 is 0.545 bits per heavy atom. The summed E-state index contributed by atoms with van der Waals surface area (Å²) in [5, 5.41) is 17.5. The van der Waals surface area contributed by atoms with E-state index in [0.29, 0.717) is 29.4 Å². The van der Waals surface area contributed by atoms with Gasteiger partial charge < -0.3 is 5.11 Å². The Hall–Kier alpha value is -9.82. The van der Waals surface area contributed by atoms with Crippen molar-refractivity contribution in [3.63, 3.8) is 0 Å². The second kappa shape index (κ2) is 50.9. The van der Waals surface area contributed by atoms with E-state index in [4.69, 9.17) is 5.11 Å². The van der Waals surface area contributed by atoms with Gasteiger partial charge in [-0.2, -0.15) is 0 Å². The predicted molar refractivity (Wildman–Crippen MR) is 497 cm³/mol. The van der Waals surface area contributed by atoms with Gasteiger partial charge in [0, 0.05) is 11.8 Å². The summed E-state index contributed by atoms with van der Waals surface area (Å²) < 4.78 is 0. The minimum Gasteiger partial charge on any atom is -0.508 e. The summed E-state index contributed by atoms with van der Waals surface area (Å²) in [5.41, 5.74) is 25.6. The number of aryl methyl sites for hydroxylation is 12. The van der Waals surface area contributed by atoms with Gasteiger partial charge in [0.1, 0.15) is 5.75 Å². The van der Waals surface area contributed by atoms with Crippen LogP contribution >= 0.6 is 0 Å². The molecule has 0 heterocycles. The molecule has 0 aliphatic heterocycles. The summed E-state index contributed by atoms with van der Waals surface area (Å²) in [6.07, 6.45) is 26.2. The van der Waals surface area contributed by atoms with Crippen molar-refractivity contribution in [3.8, 4) is 16.9 Å². The van der Waals surface area contributed by atoms with E-state index in [1.165, 1.54) is 127 Å². The lowest BCUT2D eigenvalue weighted by atomic mass is 9.72. The number of allylic oxidation sites excluding steroid dienone is 4. The van der Waals surface area contributed by atoms with Crippen LogP contribution in [0.1, 0.15) is 234 Å². The van der Waals surface area contributed by atoms with Crippen LogP contribution in [0.5, 0.6) is 5.75 Å². The smallest absolute Gasteiger partial charge is 0.115 e. The van der Waals surface area contributed by atoms with Gasteiger partial charge in [0.2, 0.25) is 0 Å². The summed E-state index contributed by atoms with van der Waals surface area (Å²) >= 11 is 0. The largest absolute Gasteiger partial charge is 0.508 e. The fourth-order valence-electron chi connectivity index (χ4n) is 14.1. The fraction of sp³-hybridized carbons (Fsp3) is 0.333. The summed E-state index contributed by atoms with van der Waals surface area (Å²) in [5.74, 6) is 2.71. The molecule has 2 aliphatic rings. The molecule has 14 rings (SSSR count). The van der Waals surface area contributed by atoms with Crippen LogP contribution in [0.25, 0.3) is 43.8 Å². The Bertz CT molecular complexity index is 4520. The quantitative estimate of drug-likeness (QED) is 0.0908. The molecule has 2 aliphatic carbocycles. The zero-order valence-electron chi connectivity index (χ0n) is 72.2. The zero-order valence-corrected chi connectivity index (χ0v) is 72.2. The van der Waals surface area contributed by atoms with Crippen molar-refractivity contribution in [2.75, 3.05) is 0 Å². The van der Waals surface area contributed by atoms with Gasteiger partial charge in [-0.05, 0) is 235 Å². The molecule has 12 aromatic rings. The lowest BCUT2D eigenvalue weighted by Crippen LogP contribution is -2.39. The molecule has 112 heavy (non-hydrogen) atoms. The van der Waals surface area contributed by atoms with Crippen LogP contribution < -0.4 is 10.4 Å². The first-order valence-corrected chi connectivity index (χ1v) is 42.9. The van der Waals surface area contributed by atoms with E-state index in [1.807, 2.05) is 18.2 Å². The molecule has 588 valence electrons. The van der Waals surface area contributed by atoms with Gasteiger partial charge in [-0.25, -0.2) is 0 Å². The maximum Gasteiger partial charge on any atom is 0.115 e. The lowest BCUT2D eigenvalue weighted by molar-refractivity contribution is 0.475. The van der Waals surface area contributed by atoms with Crippen LogP contribution in [0, 0.1) is 11.8 Å². The van der Waals surface area contributed by atoms with Crippen molar-refractivity contribution in [1.82, 2.24) is 0 Å². The molecule has 1 nitrogen and oxygen atoms in total. The first-order valence-electron chi connectivity index (χ1n) is 42.9. The molecule has 2 atom stereocenters. The van der Waals surface area contributed by atoms with Gasteiger partial charge in [-0.3, -0.25) is 0 Å². The van der Waals surface area contributed by atoms with Crippen LogP contribution in [0.15, 0.2) is 297 Å². The van der Waals surface area contributed by atoms with E-state index in [2.05, 4.69) is 392 Å². The molecule has 2 unspecified atom stereocenters. The number of fused-ring (bicyclic) bond motifs is 4. The van der Waals surface area contributed by atoms with E-state index < -0.39 is 0 Å². The summed E-state index contributed by atoms with van der Waals surface area (Å²) in [7, 11) is 0. The molecule has 0 aromatic heterocycles. The molecular weight excluding hydrogens is 1350 g/mol. The van der Waals surface area contributed by atoms with Gasteiger partial charge in [0.25, 0.3) is 0 Å². The molecule has 0 bridgehead atoms. The third kappa shape index (κ3) is 29.4. The minimum absolute atomic E-state index is 0.337. The standard InChI is InChI=1S/C18H20.C18H22.C16H18.2C14H16.C10H14.C9H12O.C9H12.C3H8/c1-3-13-15-9-5-7-11-17(15)14(4-2)18-12-8-6-10-16(13)18;1-3-15-5-9-17(10-6-15)13-14-18-11-7-16(4-2)8-12-18;1-3-13-5-9-15(10-6-13)16-11-7-14(4-2)8-12-16;1-3-11-5-7-14-10-12(4-2)6-8-13(14)9-11;1-3-11-7-5-10-14-12(4-2)8-6-9-13(11)14;1-3-9-5-7-10(4-2)8-6-9;1-7(2)8-3-5-9(10)6-4-8;1-8(2)9-6-4-3-5-7-9;1-3-2/h5-12,15,17H,3-4H2,1-2H3;5-12H,3-4,13-14H2,1-2H3;5-12H,3-4H2,1-2H3;2*5-10H,3-4H2,1-2H3;5-8H,3-4H2,1-2H3;3-7,10H,1-2H3;3-8H,1-2H3;3H2,1-2H3. The average molecular weight is 1490 g/mol. The lowest BCUT2D eigenvalue weighted by Gasteiger charge is -2.32. The van der Waals surface area contributed by atoms with Crippen molar-refractivity contribution < 1.29 is 5.11 Å². The van der Waals surface area contributed by atoms with Crippen molar-refractivity contribution in [2.24, 2.45) is 11.8 Å². The number of hydrogen-bond acceptors (Lipinski definition) is 1. The highest BCUT2D eigenvalue weighted by Gasteiger charge is 2.28. The SMILES string of the molecule is CC(C)c1ccc(O)cc1.CC(C)c1ccccc1.CCC.CCC1=c2ccccc2=C(CC)C2C=CC=CC12.CCc1ccc(-c2ccc(CC)cc2)cc1.CCc1ccc(CC)cc1.CCc1ccc(CCc2ccc(CC)cc2)cc1.CCc1ccc2cc(CC)ccc2c1.CCc1cccc2c(CC)cccc12. The Morgan fingerprint density at radius 1 is 0.259 bits per heavy atom. The summed E-state index contributed by atoms with van der Waals surface area (Å²) in [6, 6.07) is 98.0. The van der Waals surface area contributed by atoms with Gasteiger partial charge in [0.05, 0.1) is 0 Å². The van der Waals surface area contributed by atoms with Crippen molar-refractivity contribution in [3.05, 3.63) is 386 Å². The third-order valence-corrected chi connectivity index (χ3v) is 21.5. The maximum atomic E-state index is 8.94. The Kier molecular flexibility index (Phi) is 41.4. The van der Waals surface area contributed by atoms with Crippen LogP contribution in [0.4, 0.5) is 0 Å². The van der Waals surface area contributed by atoms with E-state index in [9.17, 15) is 0 Å². The monoisotopic (exact) mass is 1490 g/mol. The number of rotatable bonds is 18. The van der Waals surface area contributed by atoms with Crippen LogP contribution in [-0.4, -0.2) is 5.11 Å². The molecule has 0 fully saturated rings. The van der Waals surface area contributed by atoms with Gasteiger partial charge >= 0.3 is 0 Å². The first-order chi connectivity index (χ1) is 54.5. The van der Waals surface area contributed by atoms with Gasteiger partial charge in [-0.15, -0.1) is 0 Å². The molecule has 12 aromatic carbocycles. The highest BCUT2D eigenvalue weighted by atomic mass is 16.3. The van der Waals surface area contributed by atoms with Crippen LogP contribution in [0.3, 0.4) is 0 Å². The molecule has 0 radical (unpaired) electrons. The van der Waals surface area contributed by atoms with E-state index in [-0.39, 0.29) is 0 Å². The predicted octanol–water partition coefficient (Wildman–Crippen LogP) is 29.7. The van der Waals surface area contributed by atoms with E-state index >= 15 is 0 Å². The normalized spacial score (nSPS) is 12.6. The van der Waals surface area contributed by atoms with Crippen molar-refractivity contribution in [1.29, 1.82) is 0 Å². The minimum atomic E-state index is 0.337. The second-order valence-corrected chi connectivity index (χ2v) is 30.0. The van der Waals surface area contributed by atoms with Crippen LogP contribution in [-0.2, 0) is 77.0 Å². The Balaban J connectivity index is 0.000000201. The summed E-state index contributed by atoms with van der Waals surface area (Å²) in [4.78, 5) is 0. The molecule has 0 amide bonds. The van der Waals surface area contributed by atoms with Crippen molar-refractivity contribution in [2.45, 2.75) is 233 Å². The highest BCUT2D eigenvalue weighted by molar-refractivity contribution is 5.89.